The quantitative estimate of drug-likeness (QED) is 0.228. The summed E-state index contributed by atoms with van der Waals surface area (Å²) in [4.78, 5) is 13.3. The normalized spacial score (nSPS) is 13.2. The Morgan fingerprint density at radius 2 is 1.74 bits per heavy atom. The molecular formula is C24H27ClF3NOS. The third-order valence-corrected chi connectivity index (χ3v) is 6.80. The van der Waals surface area contributed by atoms with Gasteiger partial charge in [-0.25, -0.2) is 13.2 Å². The van der Waals surface area contributed by atoms with Crippen LogP contribution in [0.2, 0.25) is 5.02 Å². The van der Waals surface area contributed by atoms with Crippen LogP contribution in [0.1, 0.15) is 50.9 Å². The van der Waals surface area contributed by atoms with E-state index in [2.05, 4.69) is 32.7 Å². The summed E-state index contributed by atoms with van der Waals surface area (Å²) in [7, 11) is 0. The van der Waals surface area contributed by atoms with E-state index < -0.39 is 23.4 Å². The monoisotopic (exact) mass is 469 g/mol. The lowest BCUT2D eigenvalue weighted by Crippen LogP contribution is -2.14. The van der Waals surface area contributed by atoms with Gasteiger partial charge in [0.2, 0.25) is 0 Å². The molecule has 2 unspecified atom stereocenters. The Morgan fingerprint density at radius 1 is 1.13 bits per heavy atom. The van der Waals surface area contributed by atoms with Gasteiger partial charge in [0.25, 0.3) is 5.91 Å². The Morgan fingerprint density at radius 3 is 2.29 bits per heavy atom. The SMILES string of the molecule is C=C(C)CC(CC(C)C(C)C)Sc1cc(C(=O)Nc2cc(F)c(F)c(F)c2)ccc1Cl. The number of nitrogens with one attached hydrogen (secondary N) is 1. The zero-order chi connectivity index (χ0) is 23.3. The fourth-order valence-electron chi connectivity index (χ4n) is 2.99. The lowest BCUT2D eigenvalue weighted by molar-refractivity contribution is 0.102. The van der Waals surface area contributed by atoms with Gasteiger partial charge in [0, 0.05) is 33.5 Å². The molecular weight excluding hydrogens is 443 g/mol. The Bertz CT molecular complexity index is 941. The van der Waals surface area contributed by atoms with E-state index in [4.69, 9.17) is 11.6 Å². The summed E-state index contributed by atoms with van der Waals surface area (Å²) in [5.74, 6) is -3.85. The second-order valence-corrected chi connectivity index (χ2v) is 9.96. The van der Waals surface area contributed by atoms with Crippen molar-refractivity contribution in [2.45, 2.75) is 50.7 Å². The van der Waals surface area contributed by atoms with Gasteiger partial charge >= 0.3 is 0 Å². The molecule has 1 N–H and O–H groups in total. The minimum Gasteiger partial charge on any atom is -0.322 e. The van der Waals surface area contributed by atoms with Gasteiger partial charge < -0.3 is 5.32 Å². The lowest BCUT2D eigenvalue weighted by atomic mass is 9.91. The molecule has 0 saturated heterocycles. The van der Waals surface area contributed by atoms with Crippen LogP contribution < -0.4 is 5.32 Å². The van der Waals surface area contributed by atoms with E-state index in [0.717, 1.165) is 35.4 Å². The number of thioether (sulfide) groups is 1. The molecule has 0 aliphatic carbocycles. The Labute approximate surface area is 191 Å². The first-order valence-electron chi connectivity index (χ1n) is 10.0. The smallest absolute Gasteiger partial charge is 0.255 e. The standard InChI is InChI=1S/C24H27ClF3NOS/c1-13(2)8-18(9-15(5)14(3)4)31-22-10-16(6-7-19(22)25)24(30)29-17-11-20(26)23(28)21(27)12-17/h6-7,10-12,14-15,18H,1,8-9H2,2-5H3,(H,29,30). The van der Waals surface area contributed by atoms with Crippen LogP contribution in [0, 0.1) is 29.3 Å². The molecule has 0 spiro atoms. The number of benzene rings is 2. The molecule has 2 rings (SSSR count). The maximum absolute atomic E-state index is 13.4. The van der Waals surface area contributed by atoms with Gasteiger partial charge in [0.05, 0.1) is 5.02 Å². The zero-order valence-electron chi connectivity index (χ0n) is 18.1. The molecule has 0 radical (unpaired) electrons. The van der Waals surface area contributed by atoms with Gasteiger partial charge in [0.1, 0.15) is 0 Å². The highest BCUT2D eigenvalue weighted by atomic mass is 35.5. The van der Waals surface area contributed by atoms with Gasteiger partial charge in [-0.15, -0.1) is 18.3 Å². The van der Waals surface area contributed by atoms with Crippen LogP contribution in [0.5, 0.6) is 0 Å². The molecule has 2 aromatic carbocycles. The van der Waals surface area contributed by atoms with Crippen molar-refractivity contribution < 1.29 is 18.0 Å². The Hall–Kier alpha value is -1.92. The fourth-order valence-corrected chi connectivity index (χ4v) is 4.75. The first-order valence-corrected chi connectivity index (χ1v) is 11.3. The van der Waals surface area contributed by atoms with Crippen molar-refractivity contribution in [2.75, 3.05) is 5.32 Å². The average Bonchev–Trinajstić information content (AvgIpc) is 2.66. The van der Waals surface area contributed by atoms with Gasteiger partial charge in [-0.1, -0.05) is 37.9 Å². The van der Waals surface area contributed by atoms with Crippen LogP contribution in [-0.4, -0.2) is 11.2 Å². The van der Waals surface area contributed by atoms with E-state index in [-0.39, 0.29) is 16.5 Å². The predicted octanol–water partition coefficient (Wildman–Crippen LogP) is 8.12. The third kappa shape index (κ3) is 7.32. The number of rotatable bonds is 9. The molecule has 0 bridgehead atoms. The number of carbonyl (C=O) groups is 1. The molecule has 2 nitrogen and oxygen atoms in total. The summed E-state index contributed by atoms with van der Waals surface area (Å²) in [5, 5.41) is 3.15. The Kier molecular flexibility index (Phi) is 9.07. The summed E-state index contributed by atoms with van der Waals surface area (Å²) in [6.45, 7) is 12.6. The first-order chi connectivity index (χ1) is 14.5. The predicted molar refractivity (Wildman–Crippen MR) is 123 cm³/mol. The van der Waals surface area contributed by atoms with Gasteiger partial charge in [-0.3, -0.25) is 4.79 Å². The molecule has 2 atom stereocenters. The molecule has 168 valence electrons. The van der Waals surface area contributed by atoms with Gasteiger partial charge in [-0.05, 0) is 49.8 Å². The number of allylic oxidation sites excluding steroid dienone is 1. The minimum absolute atomic E-state index is 0.170. The zero-order valence-corrected chi connectivity index (χ0v) is 19.6. The van der Waals surface area contributed by atoms with Crippen LogP contribution >= 0.6 is 23.4 Å². The molecule has 1 amide bonds. The maximum atomic E-state index is 13.4. The number of halogens is 4. The van der Waals surface area contributed by atoms with Gasteiger partial charge in [0.15, 0.2) is 17.5 Å². The minimum atomic E-state index is -1.58. The van der Waals surface area contributed by atoms with E-state index in [1.807, 2.05) is 6.92 Å². The van der Waals surface area contributed by atoms with Crippen molar-refractivity contribution >= 4 is 35.0 Å². The van der Waals surface area contributed by atoms with E-state index in [9.17, 15) is 18.0 Å². The number of hydrogen-bond donors (Lipinski definition) is 1. The molecule has 0 saturated carbocycles. The van der Waals surface area contributed by atoms with Gasteiger partial charge in [-0.2, -0.15) is 0 Å². The maximum Gasteiger partial charge on any atom is 0.255 e. The van der Waals surface area contributed by atoms with Crippen LogP contribution in [0.25, 0.3) is 0 Å². The highest BCUT2D eigenvalue weighted by Crippen LogP contribution is 2.37. The molecule has 0 aliphatic rings. The van der Waals surface area contributed by atoms with E-state index in [1.54, 1.807) is 23.9 Å². The molecule has 2 aromatic rings. The molecule has 0 fully saturated rings. The lowest BCUT2D eigenvalue weighted by Gasteiger charge is -2.24. The van der Waals surface area contributed by atoms with Crippen molar-refractivity contribution in [2.24, 2.45) is 11.8 Å². The number of amides is 1. The number of anilines is 1. The second-order valence-electron chi connectivity index (χ2n) is 8.21. The van der Waals surface area contributed by atoms with E-state index >= 15 is 0 Å². The average molecular weight is 470 g/mol. The molecule has 0 aromatic heterocycles. The Balaban J connectivity index is 2.23. The van der Waals surface area contributed by atoms with Crippen LogP contribution in [0.3, 0.4) is 0 Å². The molecule has 0 aliphatic heterocycles. The largest absolute Gasteiger partial charge is 0.322 e. The fraction of sp³-hybridized carbons (Fsp3) is 0.375. The van der Waals surface area contributed by atoms with Crippen molar-refractivity contribution in [3.05, 3.63) is 70.5 Å². The first kappa shape index (κ1) is 25.3. The number of carbonyl (C=O) groups excluding carboxylic acids is 1. The van der Waals surface area contributed by atoms with E-state index in [0.29, 0.717) is 16.9 Å². The van der Waals surface area contributed by atoms with Crippen LogP contribution in [-0.2, 0) is 0 Å². The van der Waals surface area contributed by atoms with Crippen molar-refractivity contribution in [1.82, 2.24) is 0 Å². The summed E-state index contributed by atoms with van der Waals surface area (Å²) in [6, 6.07) is 6.27. The summed E-state index contributed by atoms with van der Waals surface area (Å²) >= 11 is 7.98. The van der Waals surface area contributed by atoms with Crippen molar-refractivity contribution in [1.29, 1.82) is 0 Å². The summed E-state index contributed by atoms with van der Waals surface area (Å²) < 4.78 is 40.0. The highest BCUT2D eigenvalue weighted by Gasteiger charge is 2.20. The third-order valence-electron chi connectivity index (χ3n) is 5.08. The van der Waals surface area contributed by atoms with Crippen LogP contribution in [0.4, 0.5) is 18.9 Å². The molecule has 31 heavy (non-hydrogen) atoms. The summed E-state index contributed by atoms with van der Waals surface area (Å²) in [6.07, 6.45) is 1.79. The topological polar surface area (TPSA) is 29.1 Å². The van der Waals surface area contributed by atoms with Crippen LogP contribution in [0.15, 0.2) is 47.4 Å². The molecule has 0 heterocycles. The number of hydrogen-bond acceptors (Lipinski definition) is 2. The highest BCUT2D eigenvalue weighted by molar-refractivity contribution is 8.00. The second kappa shape index (κ2) is 11.1. The molecule has 7 heteroatoms. The van der Waals surface area contributed by atoms with Crippen molar-refractivity contribution in [3.63, 3.8) is 0 Å². The van der Waals surface area contributed by atoms with E-state index in [1.165, 1.54) is 6.07 Å². The summed E-state index contributed by atoms with van der Waals surface area (Å²) in [5.41, 5.74) is 1.18. The van der Waals surface area contributed by atoms with Crippen molar-refractivity contribution in [3.8, 4) is 0 Å².